The topological polar surface area (TPSA) is 41.6 Å². The van der Waals surface area contributed by atoms with Gasteiger partial charge in [-0.3, -0.25) is 9.69 Å². The average Bonchev–Trinajstić information content (AvgIpc) is 2.87. The van der Waals surface area contributed by atoms with Crippen LogP contribution in [0.4, 0.5) is 0 Å². The maximum absolute atomic E-state index is 12.4. The van der Waals surface area contributed by atoms with Crippen LogP contribution in [0.15, 0.2) is 30.3 Å². The number of likely N-dealkylation sites (tertiary alicyclic amines) is 1. The first-order valence-corrected chi connectivity index (χ1v) is 8.37. The highest BCUT2D eigenvalue weighted by Crippen LogP contribution is 2.44. The number of hydrogen-bond donors (Lipinski definition) is 1. The molecule has 2 aliphatic heterocycles. The summed E-state index contributed by atoms with van der Waals surface area (Å²) >= 11 is 0. The Kier molecular flexibility index (Phi) is 8.51. The molecule has 1 N–H and O–H groups in total. The maximum atomic E-state index is 12.4. The molecule has 2 heterocycles. The van der Waals surface area contributed by atoms with Gasteiger partial charge in [0, 0.05) is 25.0 Å². The smallest absolute Gasteiger partial charge is 0.310 e. The molecule has 0 saturated carbocycles. The van der Waals surface area contributed by atoms with E-state index >= 15 is 0 Å². The van der Waals surface area contributed by atoms with Gasteiger partial charge in [0.2, 0.25) is 0 Å². The third-order valence-electron chi connectivity index (χ3n) is 5.14. The number of benzene rings is 1. The summed E-state index contributed by atoms with van der Waals surface area (Å²) in [5.41, 5.74) is 1.42. The molecule has 0 aliphatic carbocycles. The van der Waals surface area contributed by atoms with Crippen molar-refractivity contribution in [1.82, 2.24) is 10.2 Å². The molecule has 1 spiro atoms. The van der Waals surface area contributed by atoms with E-state index in [9.17, 15) is 4.79 Å². The second-order valence-electron chi connectivity index (χ2n) is 6.57. The van der Waals surface area contributed by atoms with Gasteiger partial charge < -0.3 is 10.1 Å². The lowest BCUT2D eigenvalue weighted by atomic mass is 9.71. The number of halogens is 2. The molecule has 6 heteroatoms. The summed E-state index contributed by atoms with van der Waals surface area (Å²) in [5.74, 6) is 0.0261. The molecule has 1 aromatic carbocycles. The van der Waals surface area contributed by atoms with Crippen molar-refractivity contribution in [2.75, 3.05) is 32.8 Å². The number of rotatable bonds is 4. The Balaban J connectivity index is 0.00000144. The van der Waals surface area contributed by atoms with E-state index in [-0.39, 0.29) is 42.1 Å². The van der Waals surface area contributed by atoms with Gasteiger partial charge in [-0.25, -0.2) is 0 Å². The van der Waals surface area contributed by atoms with Crippen molar-refractivity contribution < 1.29 is 9.53 Å². The van der Waals surface area contributed by atoms with Crippen molar-refractivity contribution >= 4 is 30.8 Å². The fourth-order valence-electron chi connectivity index (χ4n) is 4.03. The highest BCUT2D eigenvalue weighted by molar-refractivity contribution is 5.85. The summed E-state index contributed by atoms with van der Waals surface area (Å²) < 4.78 is 5.37. The average molecular weight is 375 g/mol. The number of carbonyl (C=O) groups is 1. The molecule has 24 heavy (non-hydrogen) atoms. The summed E-state index contributed by atoms with van der Waals surface area (Å²) in [4.78, 5) is 14.9. The van der Waals surface area contributed by atoms with Crippen LogP contribution < -0.4 is 5.32 Å². The van der Waals surface area contributed by atoms with E-state index in [4.69, 9.17) is 4.74 Å². The summed E-state index contributed by atoms with van der Waals surface area (Å²) in [6, 6.07) is 10.5. The Hall–Kier alpha value is -0.810. The van der Waals surface area contributed by atoms with Gasteiger partial charge in [-0.1, -0.05) is 30.3 Å². The predicted molar refractivity (Wildman–Crippen MR) is 101 cm³/mol. The zero-order valence-electron chi connectivity index (χ0n) is 14.2. The zero-order valence-corrected chi connectivity index (χ0v) is 15.8. The van der Waals surface area contributed by atoms with Crippen LogP contribution in [0.1, 0.15) is 25.3 Å². The lowest BCUT2D eigenvalue weighted by Gasteiger charge is -2.37. The van der Waals surface area contributed by atoms with Crippen molar-refractivity contribution in [2.24, 2.45) is 11.3 Å². The quantitative estimate of drug-likeness (QED) is 0.822. The number of piperidine rings is 1. The van der Waals surface area contributed by atoms with Gasteiger partial charge in [-0.2, -0.15) is 0 Å². The summed E-state index contributed by atoms with van der Waals surface area (Å²) in [7, 11) is 0. The van der Waals surface area contributed by atoms with Crippen molar-refractivity contribution in [3.05, 3.63) is 35.9 Å². The van der Waals surface area contributed by atoms with Gasteiger partial charge in [0.1, 0.15) is 0 Å². The number of ether oxygens (including phenoxy) is 1. The van der Waals surface area contributed by atoms with Gasteiger partial charge in [-0.15, -0.1) is 24.8 Å². The van der Waals surface area contributed by atoms with E-state index in [0.29, 0.717) is 6.61 Å². The first-order chi connectivity index (χ1) is 10.7. The van der Waals surface area contributed by atoms with E-state index in [1.54, 1.807) is 0 Å². The highest BCUT2D eigenvalue weighted by atomic mass is 35.5. The normalized spacial score (nSPS) is 22.5. The van der Waals surface area contributed by atoms with Crippen LogP contribution in [0.5, 0.6) is 0 Å². The second kappa shape index (κ2) is 9.62. The van der Waals surface area contributed by atoms with Crippen LogP contribution in [0.2, 0.25) is 0 Å². The van der Waals surface area contributed by atoms with E-state index in [2.05, 4.69) is 34.5 Å². The van der Waals surface area contributed by atoms with Crippen molar-refractivity contribution in [1.29, 1.82) is 0 Å². The fourth-order valence-corrected chi connectivity index (χ4v) is 4.03. The standard InChI is InChI=1S/C18H26N2O2.2ClH/c1-2-22-17(21)16-13-20(12-15-6-4-3-5-7-15)14-18(16)8-10-19-11-9-18;;/h3-7,16,19H,2,8-14H2,1H3;2*1H. The minimum atomic E-state index is -0.0000355. The first-order valence-electron chi connectivity index (χ1n) is 8.37. The van der Waals surface area contributed by atoms with E-state index in [0.717, 1.165) is 45.6 Å². The molecule has 1 aromatic rings. The van der Waals surface area contributed by atoms with Crippen LogP contribution in [-0.4, -0.2) is 43.7 Å². The Morgan fingerprint density at radius 1 is 1.25 bits per heavy atom. The van der Waals surface area contributed by atoms with Crippen molar-refractivity contribution in [3.8, 4) is 0 Å². The molecule has 136 valence electrons. The minimum absolute atomic E-state index is 0. The van der Waals surface area contributed by atoms with Gasteiger partial charge in [0.15, 0.2) is 0 Å². The van der Waals surface area contributed by atoms with E-state index in [1.807, 2.05) is 13.0 Å². The van der Waals surface area contributed by atoms with Crippen LogP contribution in [0, 0.1) is 11.3 Å². The molecule has 2 saturated heterocycles. The molecule has 2 aliphatic rings. The van der Waals surface area contributed by atoms with Crippen LogP contribution >= 0.6 is 24.8 Å². The van der Waals surface area contributed by atoms with Crippen molar-refractivity contribution in [2.45, 2.75) is 26.3 Å². The Morgan fingerprint density at radius 3 is 2.54 bits per heavy atom. The Labute approximate surface area is 157 Å². The summed E-state index contributed by atoms with van der Waals surface area (Å²) in [6.07, 6.45) is 2.14. The fraction of sp³-hybridized carbons (Fsp3) is 0.611. The zero-order chi connectivity index (χ0) is 15.4. The third kappa shape index (κ3) is 4.63. The first kappa shape index (κ1) is 21.2. The molecule has 2 fully saturated rings. The lowest BCUT2D eigenvalue weighted by molar-refractivity contribution is -0.151. The van der Waals surface area contributed by atoms with Crippen molar-refractivity contribution in [3.63, 3.8) is 0 Å². The molecule has 0 radical (unpaired) electrons. The van der Waals surface area contributed by atoms with E-state index < -0.39 is 0 Å². The van der Waals surface area contributed by atoms with Gasteiger partial charge >= 0.3 is 5.97 Å². The van der Waals surface area contributed by atoms with Crippen LogP contribution in [0.25, 0.3) is 0 Å². The summed E-state index contributed by atoms with van der Waals surface area (Å²) in [5, 5.41) is 3.42. The number of carbonyl (C=O) groups excluding carboxylic acids is 1. The number of nitrogens with one attached hydrogen (secondary N) is 1. The second-order valence-corrected chi connectivity index (χ2v) is 6.57. The predicted octanol–water partition coefficient (Wildman–Crippen LogP) is 2.89. The maximum Gasteiger partial charge on any atom is 0.310 e. The molecule has 1 unspecified atom stereocenters. The number of hydrogen-bond acceptors (Lipinski definition) is 4. The van der Waals surface area contributed by atoms with Gasteiger partial charge in [0.25, 0.3) is 0 Å². The summed E-state index contributed by atoms with van der Waals surface area (Å²) in [6.45, 7) is 7.14. The Bertz CT molecular complexity index is 507. The highest BCUT2D eigenvalue weighted by Gasteiger charge is 2.50. The number of esters is 1. The molecule has 4 nitrogen and oxygen atoms in total. The molecular formula is C18H28Cl2N2O2. The largest absolute Gasteiger partial charge is 0.466 e. The van der Waals surface area contributed by atoms with Gasteiger partial charge in [-0.05, 0) is 38.4 Å². The molecule has 0 aromatic heterocycles. The third-order valence-corrected chi connectivity index (χ3v) is 5.14. The van der Waals surface area contributed by atoms with Crippen LogP contribution in [-0.2, 0) is 16.1 Å². The Morgan fingerprint density at radius 2 is 1.92 bits per heavy atom. The molecular weight excluding hydrogens is 347 g/mol. The van der Waals surface area contributed by atoms with Crippen LogP contribution in [0.3, 0.4) is 0 Å². The lowest BCUT2D eigenvalue weighted by Crippen LogP contribution is -2.44. The monoisotopic (exact) mass is 374 g/mol. The number of nitrogens with zero attached hydrogens (tertiary/aromatic N) is 1. The molecule has 0 bridgehead atoms. The molecule has 0 amide bonds. The molecule has 1 atom stereocenters. The SMILES string of the molecule is CCOC(=O)C1CN(Cc2ccccc2)CC12CCNCC2.Cl.Cl. The molecule has 3 rings (SSSR count). The van der Waals surface area contributed by atoms with E-state index in [1.165, 1.54) is 5.56 Å². The van der Waals surface area contributed by atoms with Gasteiger partial charge in [0.05, 0.1) is 12.5 Å². The minimum Gasteiger partial charge on any atom is -0.466 e.